The lowest BCUT2D eigenvalue weighted by Crippen LogP contribution is -2.20. The lowest BCUT2D eigenvalue weighted by atomic mass is 10.2. The molecule has 0 spiro atoms. The third-order valence-corrected chi connectivity index (χ3v) is 2.76. The number of aromatic nitrogens is 2. The summed E-state index contributed by atoms with van der Waals surface area (Å²) in [7, 11) is 1.58. The van der Waals surface area contributed by atoms with Crippen molar-refractivity contribution in [2.24, 2.45) is 0 Å². The maximum absolute atomic E-state index is 11.0. The molecule has 0 aromatic carbocycles. The first-order chi connectivity index (χ1) is 8.72. The smallest absolute Gasteiger partial charge is 0.353 e. The van der Waals surface area contributed by atoms with Gasteiger partial charge in [-0.05, 0) is 12.8 Å². The van der Waals surface area contributed by atoms with E-state index in [1.165, 1.54) is 6.33 Å². The van der Waals surface area contributed by atoms with Crippen molar-refractivity contribution in [3.05, 3.63) is 16.4 Å². The molecule has 0 amide bonds. The molecule has 1 saturated heterocycles. The Morgan fingerprint density at radius 3 is 2.94 bits per heavy atom. The van der Waals surface area contributed by atoms with E-state index in [2.05, 4.69) is 20.6 Å². The van der Waals surface area contributed by atoms with E-state index in [4.69, 9.17) is 4.74 Å². The molecule has 2 N–H and O–H groups in total. The van der Waals surface area contributed by atoms with Gasteiger partial charge in [-0.15, -0.1) is 0 Å². The Morgan fingerprint density at radius 2 is 2.33 bits per heavy atom. The van der Waals surface area contributed by atoms with E-state index >= 15 is 0 Å². The fourth-order valence-corrected chi connectivity index (χ4v) is 1.88. The lowest BCUT2D eigenvalue weighted by Gasteiger charge is -2.11. The number of anilines is 2. The summed E-state index contributed by atoms with van der Waals surface area (Å²) in [5.74, 6) is 0.416. The average molecular weight is 253 g/mol. The number of nitrogens with one attached hydrogen (secondary N) is 2. The van der Waals surface area contributed by atoms with Gasteiger partial charge in [0.15, 0.2) is 0 Å². The van der Waals surface area contributed by atoms with Gasteiger partial charge < -0.3 is 15.4 Å². The van der Waals surface area contributed by atoms with E-state index < -0.39 is 4.92 Å². The lowest BCUT2D eigenvalue weighted by molar-refractivity contribution is -0.383. The van der Waals surface area contributed by atoms with E-state index in [1.54, 1.807) is 7.05 Å². The van der Waals surface area contributed by atoms with Crippen LogP contribution in [0.3, 0.4) is 0 Å². The topological polar surface area (TPSA) is 102 Å². The SMILES string of the molecule is CNc1ncnc(NCC2CCCO2)c1[N+](=O)[O-]. The Hall–Kier alpha value is -1.96. The van der Waals surface area contributed by atoms with Crippen molar-refractivity contribution in [3.8, 4) is 0 Å². The molecule has 2 rings (SSSR count). The quantitative estimate of drug-likeness (QED) is 0.596. The van der Waals surface area contributed by atoms with Gasteiger partial charge in [0.05, 0.1) is 11.0 Å². The van der Waals surface area contributed by atoms with Crippen LogP contribution in [0.4, 0.5) is 17.3 Å². The standard InChI is InChI=1S/C10H15N5O3/c1-11-9-8(15(16)17)10(14-6-13-9)12-5-7-3-2-4-18-7/h6-7H,2-5H2,1H3,(H2,11,12,13,14). The highest BCUT2D eigenvalue weighted by Crippen LogP contribution is 2.28. The molecule has 1 aromatic heterocycles. The van der Waals surface area contributed by atoms with E-state index in [0.717, 1.165) is 19.4 Å². The Kier molecular flexibility index (Phi) is 3.88. The van der Waals surface area contributed by atoms with Gasteiger partial charge in [0.1, 0.15) is 6.33 Å². The highest BCUT2D eigenvalue weighted by molar-refractivity contribution is 5.68. The Labute approximate surface area is 104 Å². The van der Waals surface area contributed by atoms with Crippen LogP contribution < -0.4 is 10.6 Å². The van der Waals surface area contributed by atoms with Crippen LogP contribution in [0.25, 0.3) is 0 Å². The largest absolute Gasteiger partial charge is 0.376 e. The third-order valence-electron chi connectivity index (χ3n) is 2.76. The molecular formula is C10H15N5O3. The number of ether oxygens (including phenoxy) is 1. The molecule has 1 aliphatic heterocycles. The number of hydrogen-bond acceptors (Lipinski definition) is 7. The van der Waals surface area contributed by atoms with Crippen LogP contribution in [0.15, 0.2) is 6.33 Å². The van der Waals surface area contributed by atoms with Gasteiger partial charge in [0, 0.05) is 20.2 Å². The second-order valence-electron chi connectivity index (χ2n) is 3.94. The number of hydrogen-bond donors (Lipinski definition) is 2. The fraction of sp³-hybridized carbons (Fsp3) is 0.600. The van der Waals surface area contributed by atoms with Crippen LogP contribution in [0.1, 0.15) is 12.8 Å². The van der Waals surface area contributed by atoms with E-state index in [0.29, 0.717) is 6.54 Å². The summed E-state index contributed by atoms with van der Waals surface area (Å²) in [5, 5.41) is 16.6. The van der Waals surface area contributed by atoms with Crippen LogP contribution >= 0.6 is 0 Å². The van der Waals surface area contributed by atoms with Gasteiger partial charge in [0.2, 0.25) is 11.6 Å². The Balaban J connectivity index is 2.13. The molecule has 8 heteroatoms. The maximum atomic E-state index is 11.0. The highest BCUT2D eigenvalue weighted by atomic mass is 16.6. The monoisotopic (exact) mass is 253 g/mol. The Bertz CT molecular complexity index is 434. The fourth-order valence-electron chi connectivity index (χ4n) is 1.88. The van der Waals surface area contributed by atoms with E-state index in [-0.39, 0.29) is 23.4 Å². The van der Waals surface area contributed by atoms with Gasteiger partial charge in [-0.3, -0.25) is 10.1 Å². The van der Waals surface area contributed by atoms with Crippen LogP contribution in [-0.2, 0) is 4.74 Å². The first-order valence-electron chi connectivity index (χ1n) is 5.75. The van der Waals surface area contributed by atoms with Crippen LogP contribution in [0.5, 0.6) is 0 Å². The number of rotatable bonds is 5. The normalized spacial score (nSPS) is 18.6. The zero-order valence-corrected chi connectivity index (χ0v) is 10.0. The highest BCUT2D eigenvalue weighted by Gasteiger charge is 2.23. The molecule has 2 heterocycles. The second kappa shape index (κ2) is 5.58. The third kappa shape index (κ3) is 2.65. The molecule has 0 radical (unpaired) electrons. The van der Waals surface area contributed by atoms with Gasteiger partial charge in [-0.2, -0.15) is 0 Å². The van der Waals surface area contributed by atoms with Crippen molar-refractivity contribution in [3.63, 3.8) is 0 Å². The first kappa shape index (κ1) is 12.5. The molecule has 98 valence electrons. The summed E-state index contributed by atoms with van der Waals surface area (Å²) in [6, 6.07) is 0. The molecule has 0 bridgehead atoms. The van der Waals surface area contributed by atoms with Crippen molar-refractivity contribution in [1.82, 2.24) is 9.97 Å². The summed E-state index contributed by atoms with van der Waals surface area (Å²) in [6.45, 7) is 1.26. The molecule has 0 saturated carbocycles. The van der Waals surface area contributed by atoms with Crippen molar-refractivity contribution in [1.29, 1.82) is 0 Å². The summed E-state index contributed by atoms with van der Waals surface area (Å²) < 4.78 is 5.44. The summed E-state index contributed by atoms with van der Waals surface area (Å²) in [6.07, 6.45) is 3.37. The minimum Gasteiger partial charge on any atom is -0.376 e. The van der Waals surface area contributed by atoms with Crippen molar-refractivity contribution >= 4 is 17.3 Å². The molecule has 1 aromatic rings. The molecular weight excluding hydrogens is 238 g/mol. The zero-order chi connectivity index (χ0) is 13.0. The minimum absolute atomic E-state index is 0.0950. The van der Waals surface area contributed by atoms with Crippen LogP contribution in [0, 0.1) is 10.1 Å². The van der Waals surface area contributed by atoms with Gasteiger partial charge >= 0.3 is 5.69 Å². The predicted molar refractivity (Wildman–Crippen MR) is 65.7 cm³/mol. The minimum atomic E-state index is -0.496. The molecule has 1 aliphatic rings. The number of nitro groups is 1. The van der Waals surface area contributed by atoms with Gasteiger partial charge in [-0.25, -0.2) is 9.97 Å². The predicted octanol–water partition coefficient (Wildman–Crippen LogP) is 1.02. The number of nitrogens with zero attached hydrogens (tertiary/aromatic N) is 3. The molecule has 0 aliphatic carbocycles. The maximum Gasteiger partial charge on any atom is 0.353 e. The van der Waals surface area contributed by atoms with E-state index in [1.807, 2.05) is 0 Å². The van der Waals surface area contributed by atoms with E-state index in [9.17, 15) is 10.1 Å². The molecule has 18 heavy (non-hydrogen) atoms. The Morgan fingerprint density at radius 1 is 1.56 bits per heavy atom. The zero-order valence-electron chi connectivity index (χ0n) is 10.0. The summed E-state index contributed by atoms with van der Waals surface area (Å²) >= 11 is 0. The van der Waals surface area contributed by atoms with Crippen molar-refractivity contribution < 1.29 is 9.66 Å². The van der Waals surface area contributed by atoms with Crippen molar-refractivity contribution in [2.75, 3.05) is 30.8 Å². The van der Waals surface area contributed by atoms with Crippen molar-refractivity contribution in [2.45, 2.75) is 18.9 Å². The summed E-state index contributed by atoms with van der Waals surface area (Å²) in [4.78, 5) is 18.2. The molecule has 8 nitrogen and oxygen atoms in total. The van der Waals surface area contributed by atoms with Crippen LogP contribution in [0.2, 0.25) is 0 Å². The van der Waals surface area contributed by atoms with Crippen LogP contribution in [-0.4, -0.2) is 41.2 Å². The molecule has 1 atom stereocenters. The average Bonchev–Trinajstić information content (AvgIpc) is 2.88. The molecule has 1 unspecified atom stereocenters. The molecule has 1 fully saturated rings. The van der Waals surface area contributed by atoms with Gasteiger partial charge in [-0.1, -0.05) is 0 Å². The summed E-state index contributed by atoms with van der Waals surface area (Å²) in [5.41, 5.74) is -0.141. The van der Waals surface area contributed by atoms with Gasteiger partial charge in [0.25, 0.3) is 0 Å². The first-order valence-corrected chi connectivity index (χ1v) is 5.75. The second-order valence-corrected chi connectivity index (χ2v) is 3.94.